The van der Waals surface area contributed by atoms with Gasteiger partial charge in [-0.15, -0.1) is 10.2 Å². The summed E-state index contributed by atoms with van der Waals surface area (Å²) in [7, 11) is -2.92. The first-order valence-electron chi connectivity index (χ1n) is 6.45. The van der Waals surface area contributed by atoms with E-state index in [0.717, 1.165) is 10.6 Å². The van der Waals surface area contributed by atoms with E-state index in [-0.39, 0.29) is 17.4 Å². The largest absolute Gasteiger partial charge is 0.264 e. The van der Waals surface area contributed by atoms with Gasteiger partial charge in [0.05, 0.1) is 11.5 Å². The highest BCUT2D eigenvalue weighted by atomic mass is 32.2. The average molecular weight is 321 g/mol. The van der Waals surface area contributed by atoms with Gasteiger partial charge in [-0.25, -0.2) is 8.42 Å². The van der Waals surface area contributed by atoms with Crippen LogP contribution in [0, 0.1) is 0 Å². The Morgan fingerprint density at radius 3 is 2.95 bits per heavy atom. The maximum atomic E-state index is 11.6. The molecule has 3 aromatic heterocycles. The summed E-state index contributed by atoms with van der Waals surface area (Å²) in [5, 5.41) is 13.6. The number of hydrogen-bond acceptors (Lipinski definition) is 7. The van der Waals surface area contributed by atoms with E-state index in [1.165, 1.54) is 11.3 Å². The van der Waals surface area contributed by atoms with Crippen LogP contribution in [0.15, 0.2) is 24.5 Å². The van der Waals surface area contributed by atoms with Crippen molar-refractivity contribution in [1.29, 1.82) is 0 Å². The highest BCUT2D eigenvalue weighted by molar-refractivity contribution is 7.91. The molecular formula is C12H11N5O2S2. The SMILES string of the molecule is O=S1(=O)CCC(c2nn3c(-c4cccnc4)nnc3s2)C1. The second kappa shape index (κ2) is 4.57. The van der Waals surface area contributed by atoms with Gasteiger partial charge in [0.1, 0.15) is 5.01 Å². The van der Waals surface area contributed by atoms with E-state index in [9.17, 15) is 8.42 Å². The molecule has 3 aromatic rings. The third-order valence-electron chi connectivity index (χ3n) is 3.51. The number of rotatable bonds is 2. The van der Waals surface area contributed by atoms with Gasteiger partial charge >= 0.3 is 0 Å². The van der Waals surface area contributed by atoms with Gasteiger partial charge in [0, 0.05) is 23.9 Å². The average Bonchev–Trinajstić information content (AvgIpc) is 3.12. The van der Waals surface area contributed by atoms with Gasteiger partial charge < -0.3 is 0 Å². The molecule has 7 nitrogen and oxygen atoms in total. The molecule has 1 atom stereocenters. The van der Waals surface area contributed by atoms with E-state index in [4.69, 9.17) is 0 Å². The summed E-state index contributed by atoms with van der Waals surface area (Å²) < 4.78 is 24.8. The van der Waals surface area contributed by atoms with Crippen molar-refractivity contribution in [1.82, 2.24) is 24.8 Å². The topological polar surface area (TPSA) is 90.1 Å². The first-order chi connectivity index (χ1) is 10.1. The van der Waals surface area contributed by atoms with Crippen molar-refractivity contribution >= 4 is 26.1 Å². The monoisotopic (exact) mass is 321 g/mol. The van der Waals surface area contributed by atoms with Crippen LogP contribution < -0.4 is 0 Å². The molecule has 0 N–H and O–H groups in total. The highest BCUT2D eigenvalue weighted by Gasteiger charge is 2.32. The smallest absolute Gasteiger partial charge is 0.234 e. The molecule has 9 heteroatoms. The Balaban J connectivity index is 1.77. The third-order valence-corrected chi connectivity index (χ3v) is 6.34. The zero-order valence-electron chi connectivity index (χ0n) is 10.9. The molecule has 0 spiro atoms. The number of hydrogen-bond donors (Lipinski definition) is 0. The van der Waals surface area contributed by atoms with Crippen LogP contribution in [0.5, 0.6) is 0 Å². The highest BCUT2D eigenvalue weighted by Crippen LogP contribution is 2.32. The maximum Gasteiger partial charge on any atom is 0.234 e. The van der Waals surface area contributed by atoms with E-state index in [1.54, 1.807) is 16.9 Å². The van der Waals surface area contributed by atoms with E-state index < -0.39 is 9.84 Å². The molecule has 0 saturated carbocycles. The lowest BCUT2D eigenvalue weighted by Gasteiger charge is -2.00. The molecule has 0 bridgehead atoms. The van der Waals surface area contributed by atoms with Crippen LogP contribution in [0.2, 0.25) is 0 Å². The van der Waals surface area contributed by atoms with Crippen LogP contribution in [0.25, 0.3) is 16.3 Å². The Morgan fingerprint density at radius 2 is 2.24 bits per heavy atom. The molecule has 0 aliphatic carbocycles. The number of sulfone groups is 1. The molecule has 1 aliphatic heterocycles. The first kappa shape index (κ1) is 12.8. The number of aromatic nitrogens is 5. The Morgan fingerprint density at radius 1 is 1.33 bits per heavy atom. The van der Waals surface area contributed by atoms with Gasteiger partial charge in [-0.05, 0) is 18.6 Å². The van der Waals surface area contributed by atoms with Gasteiger partial charge in [-0.1, -0.05) is 11.3 Å². The summed E-state index contributed by atoms with van der Waals surface area (Å²) >= 11 is 1.40. The summed E-state index contributed by atoms with van der Waals surface area (Å²) in [6.45, 7) is 0. The van der Waals surface area contributed by atoms with Crippen molar-refractivity contribution in [3.63, 3.8) is 0 Å². The Kier molecular flexibility index (Phi) is 2.79. The van der Waals surface area contributed by atoms with Crippen molar-refractivity contribution in [2.24, 2.45) is 0 Å². The summed E-state index contributed by atoms with van der Waals surface area (Å²) in [6.07, 6.45) is 4.03. The fraction of sp³-hybridized carbons (Fsp3) is 0.333. The van der Waals surface area contributed by atoms with E-state index in [1.807, 2.05) is 12.1 Å². The van der Waals surface area contributed by atoms with Crippen molar-refractivity contribution in [3.8, 4) is 11.4 Å². The molecule has 1 aliphatic rings. The third kappa shape index (κ3) is 2.22. The van der Waals surface area contributed by atoms with E-state index in [0.29, 0.717) is 17.2 Å². The molecule has 4 heterocycles. The minimum absolute atomic E-state index is 0.0246. The molecule has 108 valence electrons. The van der Waals surface area contributed by atoms with Gasteiger partial charge in [-0.2, -0.15) is 9.61 Å². The molecular weight excluding hydrogens is 310 g/mol. The van der Waals surface area contributed by atoms with E-state index in [2.05, 4.69) is 20.3 Å². The van der Waals surface area contributed by atoms with Crippen molar-refractivity contribution in [2.75, 3.05) is 11.5 Å². The van der Waals surface area contributed by atoms with Crippen molar-refractivity contribution in [2.45, 2.75) is 12.3 Å². The van der Waals surface area contributed by atoms with Gasteiger partial charge in [0.25, 0.3) is 0 Å². The molecule has 1 unspecified atom stereocenters. The normalized spacial score (nSPS) is 21.0. The predicted molar refractivity (Wildman–Crippen MR) is 77.9 cm³/mol. The zero-order chi connectivity index (χ0) is 14.4. The molecule has 21 heavy (non-hydrogen) atoms. The lowest BCUT2D eigenvalue weighted by molar-refractivity contribution is 0.601. The fourth-order valence-electron chi connectivity index (χ4n) is 2.46. The Hall–Kier alpha value is -1.87. The number of nitrogens with zero attached hydrogens (tertiary/aromatic N) is 5. The van der Waals surface area contributed by atoms with Crippen LogP contribution in [-0.2, 0) is 9.84 Å². The molecule has 1 fully saturated rings. The summed E-state index contributed by atoms with van der Waals surface area (Å²) in [5.74, 6) is 1.02. The maximum absolute atomic E-state index is 11.6. The Bertz CT molecular complexity index is 900. The van der Waals surface area contributed by atoms with Gasteiger partial charge in [-0.3, -0.25) is 4.98 Å². The van der Waals surface area contributed by atoms with E-state index >= 15 is 0 Å². The molecule has 0 radical (unpaired) electrons. The van der Waals surface area contributed by atoms with Crippen LogP contribution in [0.1, 0.15) is 17.3 Å². The second-order valence-corrected chi connectivity index (χ2v) is 8.22. The predicted octanol–water partition coefficient (Wildman–Crippen LogP) is 1.15. The molecule has 0 aromatic carbocycles. The number of fused-ring (bicyclic) bond motifs is 1. The quantitative estimate of drug-likeness (QED) is 0.703. The van der Waals surface area contributed by atoms with Gasteiger partial charge in [0.2, 0.25) is 4.96 Å². The minimum Gasteiger partial charge on any atom is -0.264 e. The van der Waals surface area contributed by atoms with Crippen LogP contribution in [0.3, 0.4) is 0 Å². The van der Waals surface area contributed by atoms with Gasteiger partial charge in [0.15, 0.2) is 15.7 Å². The first-order valence-corrected chi connectivity index (χ1v) is 9.09. The standard InChI is InChI=1S/C12H11N5O2S2/c18-21(19)5-3-9(7-21)11-16-17-10(14-15-12(17)20-11)8-2-1-4-13-6-8/h1-2,4,6,9H,3,5,7H2. The number of pyridine rings is 1. The lowest BCUT2D eigenvalue weighted by atomic mass is 10.1. The minimum atomic E-state index is -2.92. The van der Waals surface area contributed by atoms with Crippen LogP contribution in [-0.4, -0.2) is 44.7 Å². The fourth-order valence-corrected chi connectivity index (χ4v) is 5.29. The zero-order valence-corrected chi connectivity index (χ0v) is 12.5. The molecule has 0 amide bonds. The van der Waals surface area contributed by atoms with Crippen LogP contribution >= 0.6 is 11.3 Å². The van der Waals surface area contributed by atoms with Crippen molar-refractivity contribution in [3.05, 3.63) is 29.5 Å². The second-order valence-electron chi connectivity index (χ2n) is 5.00. The summed E-state index contributed by atoms with van der Waals surface area (Å²) in [6, 6.07) is 3.72. The van der Waals surface area contributed by atoms with Crippen molar-refractivity contribution < 1.29 is 8.42 Å². The molecule has 1 saturated heterocycles. The summed E-state index contributed by atoms with van der Waals surface area (Å²) in [4.78, 5) is 4.74. The lowest BCUT2D eigenvalue weighted by Crippen LogP contribution is -2.04. The molecule has 4 rings (SSSR count). The Labute approximate surface area is 124 Å². The summed E-state index contributed by atoms with van der Waals surface area (Å²) in [5.41, 5.74) is 0.834. The van der Waals surface area contributed by atoms with Crippen LogP contribution in [0.4, 0.5) is 0 Å².